The molecule has 4 rings (SSSR count). The Bertz CT molecular complexity index is 526. The number of likely N-dealkylation sites (N-methyl/N-ethyl adjacent to an activating group) is 1. The first-order valence-corrected chi connectivity index (χ1v) is 8.12. The number of piperidine rings is 1. The fraction of sp³-hybridized carbons (Fsp3) is 0.667. The van der Waals surface area contributed by atoms with Gasteiger partial charge in [-0.05, 0) is 68.5 Å². The lowest BCUT2D eigenvalue weighted by Crippen LogP contribution is -2.59. The number of hydrogen-bond donors (Lipinski definition) is 0. The average molecular weight is 271 g/mol. The van der Waals surface area contributed by atoms with E-state index in [-0.39, 0.29) is 0 Å². The summed E-state index contributed by atoms with van der Waals surface area (Å²) in [5.41, 5.74) is 3.67. The van der Waals surface area contributed by atoms with Crippen molar-refractivity contribution in [1.82, 2.24) is 4.90 Å². The normalized spacial score (nSPS) is 36.1. The molecule has 2 fully saturated rings. The first-order chi connectivity index (χ1) is 9.74. The highest BCUT2D eigenvalue weighted by molar-refractivity contribution is 5.45. The van der Waals surface area contributed by atoms with E-state index in [9.17, 15) is 0 Å². The second kappa shape index (κ2) is 4.49. The van der Waals surface area contributed by atoms with Crippen LogP contribution < -0.4 is 4.74 Å². The highest BCUT2D eigenvalue weighted by Crippen LogP contribution is 2.55. The minimum absolute atomic E-state index is 0.456. The first-order valence-electron chi connectivity index (χ1n) is 8.12. The van der Waals surface area contributed by atoms with Gasteiger partial charge in [0.1, 0.15) is 5.75 Å². The van der Waals surface area contributed by atoms with E-state index in [1.165, 1.54) is 45.1 Å². The van der Waals surface area contributed by atoms with Crippen LogP contribution >= 0.6 is 0 Å². The molecule has 2 bridgehead atoms. The van der Waals surface area contributed by atoms with Crippen LogP contribution in [-0.2, 0) is 11.8 Å². The van der Waals surface area contributed by atoms with E-state index in [0.29, 0.717) is 5.41 Å². The molecule has 1 aliphatic heterocycles. The molecule has 2 heteroatoms. The van der Waals surface area contributed by atoms with Gasteiger partial charge in [0.15, 0.2) is 0 Å². The summed E-state index contributed by atoms with van der Waals surface area (Å²) in [5.74, 6) is 1.91. The third-order valence-corrected chi connectivity index (χ3v) is 6.32. The molecule has 2 aliphatic carbocycles. The molecule has 1 aromatic carbocycles. The molecule has 1 saturated heterocycles. The Morgan fingerprint density at radius 1 is 1.25 bits per heavy atom. The van der Waals surface area contributed by atoms with Crippen LogP contribution in [0.4, 0.5) is 0 Å². The SMILES string of the molecule is COc1ccc2c(c1)[C@]13CCCC[C@H]1C(C2)N(C)CC3. The summed E-state index contributed by atoms with van der Waals surface area (Å²) in [6.07, 6.45) is 8.22. The maximum Gasteiger partial charge on any atom is 0.119 e. The van der Waals surface area contributed by atoms with Gasteiger partial charge in [0.25, 0.3) is 0 Å². The minimum Gasteiger partial charge on any atom is -0.497 e. The van der Waals surface area contributed by atoms with Gasteiger partial charge in [0, 0.05) is 11.5 Å². The molecule has 0 aromatic heterocycles. The van der Waals surface area contributed by atoms with Gasteiger partial charge in [-0.1, -0.05) is 18.9 Å². The lowest BCUT2D eigenvalue weighted by molar-refractivity contribution is 0.00274. The third kappa shape index (κ3) is 1.60. The lowest BCUT2D eigenvalue weighted by atomic mass is 9.52. The van der Waals surface area contributed by atoms with Crippen molar-refractivity contribution in [2.24, 2.45) is 5.92 Å². The van der Waals surface area contributed by atoms with Crippen LogP contribution in [0.2, 0.25) is 0 Å². The van der Waals surface area contributed by atoms with E-state index in [4.69, 9.17) is 4.74 Å². The maximum absolute atomic E-state index is 5.51. The molecule has 108 valence electrons. The molecule has 0 spiro atoms. The van der Waals surface area contributed by atoms with Crippen LogP contribution in [0.25, 0.3) is 0 Å². The van der Waals surface area contributed by atoms with Crippen molar-refractivity contribution in [1.29, 1.82) is 0 Å². The summed E-state index contributed by atoms with van der Waals surface area (Å²) in [7, 11) is 4.12. The molecule has 1 heterocycles. The quantitative estimate of drug-likeness (QED) is 0.776. The van der Waals surface area contributed by atoms with Gasteiger partial charge in [-0.2, -0.15) is 0 Å². The molecule has 1 unspecified atom stereocenters. The van der Waals surface area contributed by atoms with Gasteiger partial charge in [0.2, 0.25) is 0 Å². The Balaban J connectivity index is 1.88. The molecular weight excluding hydrogens is 246 g/mol. The largest absolute Gasteiger partial charge is 0.497 e. The van der Waals surface area contributed by atoms with Crippen molar-refractivity contribution in [3.05, 3.63) is 29.3 Å². The number of benzene rings is 1. The maximum atomic E-state index is 5.51. The molecule has 0 amide bonds. The molecule has 20 heavy (non-hydrogen) atoms. The van der Waals surface area contributed by atoms with E-state index >= 15 is 0 Å². The number of likely N-dealkylation sites (tertiary alicyclic amines) is 1. The van der Waals surface area contributed by atoms with Gasteiger partial charge < -0.3 is 9.64 Å². The van der Waals surface area contributed by atoms with Crippen molar-refractivity contribution in [3.63, 3.8) is 0 Å². The molecule has 1 aromatic rings. The second-order valence-corrected chi connectivity index (χ2v) is 7.03. The predicted octanol–water partition coefficient (Wildman–Crippen LogP) is 3.38. The third-order valence-electron chi connectivity index (χ3n) is 6.32. The van der Waals surface area contributed by atoms with Crippen LogP contribution in [0.3, 0.4) is 0 Å². The Hall–Kier alpha value is -1.02. The van der Waals surface area contributed by atoms with Crippen molar-refractivity contribution in [2.75, 3.05) is 20.7 Å². The zero-order chi connectivity index (χ0) is 13.7. The van der Waals surface area contributed by atoms with E-state index in [0.717, 1.165) is 17.7 Å². The van der Waals surface area contributed by atoms with Crippen LogP contribution in [0.5, 0.6) is 5.75 Å². The number of nitrogens with zero attached hydrogens (tertiary/aromatic N) is 1. The monoisotopic (exact) mass is 271 g/mol. The van der Waals surface area contributed by atoms with Gasteiger partial charge in [-0.3, -0.25) is 0 Å². The highest BCUT2D eigenvalue weighted by atomic mass is 16.5. The van der Waals surface area contributed by atoms with Crippen LogP contribution in [0.1, 0.15) is 43.2 Å². The number of methoxy groups -OCH3 is 1. The van der Waals surface area contributed by atoms with Crippen LogP contribution in [0, 0.1) is 5.92 Å². The predicted molar refractivity (Wildman–Crippen MR) is 81.4 cm³/mol. The average Bonchev–Trinajstić information content (AvgIpc) is 2.50. The fourth-order valence-electron chi connectivity index (χ4n) is 5.30. The number of rotatable bonds is 1. The molecule has 0 N–H and O–H groups in total. The number of fused-ring (bicyclic) bond motifs is 1. The van der Waals surface area contributed by atoms with Gasteiger partial charge in [-0.15, -0.1) is 0 Å². The number of ether oxygens (including phenoxy) is 1. The van der Waals surface area contributed by atoms with Crippen molar-refractivity contribution in [3.8, 4) is 5.75 Å². The van der Waals surface area contributed by atoms with Crippen molar-refractivity contribution >= 4 is 0 Å². The van der Waals surface area contributed by atoms with Crippen LogP contribution in [-0.4, -0.2) is 31.6 Å². The Morgan fingerprint density at radius 2 is 2.15 bits per heavy atom. The molecule has 3 atom stereocenters. The first kappa shape index (κ1) is 12.7. The number of hydrogen-bond acceptors (Lipinski definition) is 2. The molecule has 0 radical (unpaired) electrons. The smallest absolute Gasteiger partial charge is 0.119 e. The highest BCUT2D eigenvalue weighted by Gasteiger charge is 2.53. The molecule has 3 aliphatic rings. The van der Waals surface area contributed by atoms with Crippen molar-refractivity contribution in [2.45, 2.75) is 50.0 Å². The zero-order valence-electron chi connectivity index (χ0n) is 12.7. The zero-order valence-corrected chi connectivity index (χ0v) is 12.7. The topological polar surface area (TPSA) is 12.5 Å². The second-order valence-electron chi connectivity index (χ2n) is 7.03. The molecule has 2 nitrogen and oxygen atoms in total. The molecular formula is C18H25NO. The standard InChI is InChI=1S/C18H25NO/c1-19-10-9-18-8-4-3-5-15(18)17(19)11-13-6-7-14(20-2)12-16(13)18/h6-7,12,15,17H,3-5,8-11H2,1-2H3/t15-,17?,18-/m0/s1. The summed E-state index contributed by atoms with van der Waals surface area (Å²) < 4.78 is 5.51. The van der Waals surface area contributed by atoms with Gasteiger partial charge in [-0.25, -0.2) is 0 Å². The van der Waals surface area contributed by atoms with E-state index in [1.54, 1.807) is 18.2 Å². The van der Waals surface area contributed by atoms with E-state index in [1.807, 2.05) is 0 Å². The Morgan fingerprint density at radius 3 is 3.00 bits per heavy atom. The summed E-state index contributed by atoms with van der Waals surface area (Å²) >= 11 is 0. The lowest BCUT2D eigenvalue weighted by Gasteiger charge is -2.58. The molecule has 1 saturated carbocycles. The minimum atomic E-state index is 0.456. The summed E-state index contributed by atoms with van der Waals surface area (Å²) in [6.45, 7) is 1.26. The van der Waals surface area contributed by atoms with Gasteiger partial charge >= 0.3 is 0 Å². The van der Waals surface area contributed by atoms with Crippen molar-refractivity contribution < 1.29 is 4.74 Å². The van der Waals surface area contributed by atoms with E-state index in [2.05, 4.69) is 30.1 Å². The summed E-state index contributed by atoms with van der Waals surface area (Å²) in [5, 5.41) is 0. The fourth-order valence-corrected chi connectivity index (χ4v) is 5.30. The van der Waals surface area contributed by atoms with Crippen LogP contribution in [0.15, 0.2) is 18.2 Å². The summed E-state index contributed by atoms with van der Waals surface area (Å²) in [4.78, 5) is 2.63. The Kier molecular flexibility index (Phi) is 2.85. The van der Waals surface area contributed by atoms with Gasteiger partial charge in [0.05, 0.1) is 7.11 Å². The van der Waals surface area contributed by atoms with E-state index < -0.39 is 0 Å². The summed E-state index contributed by atoms with van der Waals surface area (Å²) in [6, 6.07) is 7.60. The Labute approximate surface area is 122 Å².